The number of aryl methyl sites for hydroxylation is 1. The summed E-state index contributed by atoms with van der Waals surface area (Å²) in [5, 5.41) is 0.367. The summed E-state index contributed by atoms with van der Waals surface area (Å²) in [5.41, 5.74) is -0.439. The number of amides is 1. The molecule has 0 aromatic heterocycles. The number of hydrogen-bond acceptors (Lipinski definition) is 6. The molecule has 1 atom stereocenters. The van der Waals surface area contributed by atoms with E-state index in [1.54, 1.807) is 40.7 Å². The molecule has 0 aliphatic carbocycles. The fourth-order valence-electron chi connectivity index (χ4n) is 2.36. The normalized spacial score (nSPS) is 13.0. The molecule has 164 valence electrons. The van der Waals surface area contributed by atoms with E-state index in [1.807, 2.05) is 20.8 Å². The van der Waals surface area contributed by atoms with Crippen LogP contribution in [0.4, 0.5) is 10.5 Å². The van der Waals surface area contributed by atoms with Crippen molar-refractivity contribution < 1.29 is 28.5 Å². The van der Waals surface area contributed by atoms with Gasteiger partial charge in [-0.2, -0.15) is 0 Å². The zero-order valence-corrected chi connectivity index (χ0v) is 19.5. The molecule has 8 heteroatoms. The van der Waals surface area contributed by atoms with Crippen LogP contribution >= 0.6 is 11.6 Å². The molecule has 0 aliphatic rings. The Morgan fingerprint density at radius 3 is 2.14 bits per heavy atom. The molecule has 29 heavy (non-hydrogen) atoms. The molecular formula is C21H32ClNO6. The van der Waals surface area contributed by atoms with E-state index in [0.29, 0.717) is 10.6 Å². The van der Waals surface area contributed by atoms with Crippen LogP contribution in [0.3, 0.4) is 0 Å². The Labute approximate surface area is 178 Å². The van der Waals surface area contributed by atoms with Crippen LogP contribution in [0.5, 0.6) is 0 Å². The monoisotopic (exact) mass is 429 g/mol. The number of carbonyl (C=O) groups excluding carboxylic acids is 2. The van der Waals surface area contributed by atoms with E-state index >= 15 is 0 Å². The zero-order chi connectivity index (χ0) is 22.6. The smallest absolute Gasteiger partial charge is 0.418 e. The van der Waals surface area contributed by atoms with Crippen LogP contribution in [0.2, 0.25) is 5.02 Å². The molecule has 0 saturated carbocycles. The van der Waals surface area contributed by atoms with Gasteiger partial charge in [-0.05, 0) is 73.1 Å². The van der Waals surface area contributed by atoms with Crippen molar-refractivity contribution in [2.75, 3.05) is 18.6 Å². The minimum atomic E-state index is -1.15. The summed E-state index contributed by atoms with van der Waals surface area (Å²) < 4.78 is 22.1. The fourth-order valence-corrected chi connectivity index (χ4v) is 2.52. The number of rotatable bonds is 6. The summed E-state index contributed by atoms with van der Waals surface area (Å²) in [5.74, 6) is -0.622. The number of halogens is 1. The third-order valence-electron chi connectivity index (χ3n) is 3.49. The highest BCUT2D eigenvalue weighted by Crippen LogP contribution is 2.32. The summed E-state index contributed by atoms with van der Waals surface area (Å²) in [6, 6.07) is 3.07. The first-order valence-electron chi connectivity index (χ1n) is 9.40. The summed E-state index contributed by atoms with van der Waals surface area (Å²) in [6.07, 6.45) is -1.89. The van der Waals surface area contributed by atoms with Gasteiger partial charge in [0.25, 0.3) is 0 Å². The number of carbonyl (C=O) groups is 2. The molecule has 0 saturated heterocycles. The average molecular weight is 430 g/mol. The number of esters is 1. The van der Waals surface area contributed by atoms with Crippen LogP contribution in [0.25, 0.3) is 0 Å². The van der Waals surface area contributed by atoms with Crippen molar-refractivity contribution in [3.05, 3.63) is 28.3 Å². The maximum atomic E-state index is 13.1. The molecule has 0 fully saturated rings. The zero-order valence-electron chi connectivity index (χ0n) is 18.7. The predicted octanol–water partition coefficient (Wildman–Crippen LogP) is 5.31. The highest BCUT2D eigenvalue weighted by Gasteiger charge is 2.36. The maximum Gasteiger partial charge on any atom is 0.418 e. The van der Waals surface area contributed by atoms with Gasteiger partial charge in [-0.25, -0.2) is 14.5 Å². The van der Waals surface area contributed by atoms with Gasteiger partial charge in [-0.1, -0.05) is 11.6 Å². The molecule has 0 N–H and O–H groups in total. The van der Waals surface area contributed by atoms with Crippen LogP contribution in [-0.4, -0.2) is 43.4 Å². The van der Waals surface area contributed by atoms with Gasteiger partial charge in [0.15, 0.2) is 0 Å². The number of methoxy groups -OCH3 is 1. The first kappa shape index (κ1) is 25.2. The Bertz CT molecular complexity index is 736. The number of benzene rings is 1. The second kappa shape index (κ2) is 9.78. The van der Waals surface area contributed by atoms with E-state index in [0.717, 1.165) is 4.90 Å². The molecule has 0 heterocycles. The summed E-state index contributed by atoms with van der Waals surface area (Å²) in [6.45, 7) is 14.3. The van der Waals surface area contributed by atoms with E-state index in [4.69, 9.17) is 30.5 Å². The SMILES string of the molecule is CCOC(=O)c1cc(Cl)c(C)cc1N(C(=O)OC(C)(C)C)C(OC)OC(C)(C)C. The lowest BCUT2D eigenvalue weighted by Gasteiger charge is -2.36. The van der Waals surface area contributed by atoms with Gasteiger partial charge in [0.2, 0.25) is 6.41 Å². The van der Waals surface area contributed by atoms with Crippen molar-refractivity contribution in [1.29, 1.82) is 0 Å². The summed E-state index contributed by atoms with van der Waals surface area (Å²) in [4.78, 5) is 26.9. The number of hydrogen-bond donors (Lipinski definition) is 0. The molecule has 0 spiro atoms. The third kappa shape index (κ3) is 7.49. The van der Waals surface area contributed by atoms with Gasteiger partial charge < -0.3 is 18.9 Å². The molecule has 1 unspecified atom stereocenters. The molecule has 0 bridgehead atoms. The van der Waals surface area contributed by atoms with Gasteiger partial charge in [0, 0.05) is 12.1 Å². The second-order valence-corrected chi connectivity index (χ2v) is 8.87. The quantitative estimate of drug-likeness (QED) is 0.450. The van der Waals surface area contributed by atoms with Crippen molar-refractivity contribution in [2.45, 2.75) is 73.0 Å². The Morgan fingerprint density at radius 1 is 1.10 bits per heavy atom. The molecule has 0 radical (unpaired) electrons. The highest BCUT2D eigenvalue weighted by molar-refractivity contribution is 6.32. The van der Waals surface area contributed by atoms with E-state index in [9.17, 15) is 9.59 Å². The Morgan fingerprint density at radius 2 is 1.69 bits per heavy atom. The lowest BCUT2D eigenvalue weighted by molar-refractivity contribution is -0.179. The van der Waals surface area contributed by atoms with E-state index < -0.39 is 29.7 Å². The van der Waals surface area contributed by atoms with Gasteiger partial charge in [-0.15, -0.1) is 0 Å². The van der Waals surface area contributed by atoms with Gasteiger partial charge >= 0.3 is 12.1 Å². The lowest BCUT2D eigenvalue weighted by Crippen LogP contribution is -2.49. The van der Waals surface area contributed by atoms with Gasteiger partial charge in [0.05, 0.1) is 23.5 Å². The molecule has 1 rings (SSSR count). The topological polar surface area (TPSA) is 74.3 Å². The largest absolute Gasteiger partial charge is 0.462 e. The Kier molecular flexibility index (Phi) is 8.50. The molecule has 7 nitrogen and oxygen atoms in total. The molecule has 0 aliphatic heterocycles. The minimum absolute atomic E-state index is 0.105. The second-order valence-electron chi connectivity index (χ2n) is 8.46. The lowest BCUT2D eigenvalue weighted by atomic mass is 10.1. The van der Waals surface area contributed by atoms with Crippen molar-refractivity contribution in [1.82, 2.24) is 0 Å². The molecular weight excluding hydrogens is 398 g/mol. The predicted molar refractivity (Wildman–Crippen MR) is 112 cm³/mol. The third-order valence-corrected chi connectivity index (χ3v) is 3.90. The summed E-state index contributed by atoms with van der Waals surface area (Å²) in [7, 11) is 1.40. The van der Waals surface area contributed by atoms with Crippen molar-refractivity contribution in [3.63, 3.8) is 0 Å². The van der Waals surface area contributed by atoms with Crippen molar-refractivity contribution in [2.24, 2.45) is 0 Å². The van der Waals surface area contributed by atoms with Crippen LogP contribution in [0.15, 0.2) is 12.1 Å². The maximum absolute atomic E-state index is 13.1. The van der Waals surface area contributed by atoms with Gasteiger partial charge in [-0.3, -0.25) is 0 Å². The van der Waals surface area contributed by atoms with Crippen molar-refractivity contribution in [3.8, 4) is 0 Å². The average Bonchev–Trinajstić information content (AvgIpc) is 2.54. The minimum Gasteiger partial charge on any atom is -0.462 e. The van der Waals surface area contributed by atoms with E-state index in [1.165, 1.54) is 13.2 Å². The van der Waals surface area contributed by atoms with E-state index in [2.05, 4.69) is 0 Å². The standard InChI is InChI=1S/C21H32ClNO6/c1-10-27-17(24)14-12-15(22)13(2)11-16(14)23(18(25)28-20(3,4)5)19(26-9)29-21(6,7)8/h11-12,19H,10H2,1-9H3. The Hall–Kier alpha value is -1.83. The number of anilines is 1. The van der Waals surface area contributed by atoms with E-state index in [-0.39, 0.29) is 17.9 Å². The van der Waals surface area contributed by atoms with Crippen LogP contribution in [0, 0.1) is 6.92 Å². The van der Waals surface area contributed by atoms with Crippen molar-refractivity contribution >= 4 is 29.4 Å². The van der Waals surface area contributed by atoms with Crippen LogP contribution < -0.4 is 4.90 Å². The fraction of sp³-hybridized carbons (Fsp3) is 0.619. The van der Waals surface area contributed by atoms with Crippen LogP contribution in [0.1, 0.15) is 64.4 Å². The molecule has 1 aromatic rings. The molecule has 1 amide bonds. The summed E-state index contributed by atoms with van der Waals surface area (Å²) >= 11 is 6.24. The van der Waals surface area contributed by atoms with Gasteiger partial charge in [0.1, 0.15) is 5.60 Å². The van der Waals surface area contributed by atoms with Crippen LogP contribution in [-0.2, 0) is 18.9 Å². The number of ether oxygens (including phenoxy) is 4. The number of nitrogens with zero attached hydrogens (tertiary/aromatic N) is 1. The Balaban J connectivity index is 3.65. The molecule has 1 aromatic carbocycles. The highest BCUT2D eigenvalue weighted by atomic mass is 35.5. The first-order valence-corrected chi connectivity index (χ1v) is 9.78. The first-order chi connectivity index (χ1) is 13.2.